The van der Waals surface area contributed by atoms with Crippen LogP contribution >= 0.6 is 11.3 Å². The molecule has 12 heavy (non-hydrogen) atoms. The van der Waals surface area contributed by atoms with Crippen LogP contribution in [-0.4, -0.2) is 12.1 Å². The minimum Gasteiger partial charge on any atom is -0.372 e. The van der Waals surface area contributed by atoms with Crippen molar-refractivity contribution in [1.82, 2.24) is 0 Å². The summed E-state index contributed by atoms with van der Waals surface area (Å²) >= 11 is 1.72. The SMILES string of the molecule is CC(C)(CCN)Nc1cccs1. The third-order valence-corrected chi connectivity index (χ3v) is 2.54. The van der Waals surface area contributed by atoms with Gasteiger partial charge >= 0.3 is 0 Å². The van der Waals surface area contributed by atoms with Gasteiger partial charge in [0.25, 0.3) is 0 Å². The number of thiophene rings is 1. The van der Waals surface area contributed by atoms with Crippen molar-refractivity contribution in [3.05, 3.63) is 17.5 Å². The van der Waals surface area contributed by atoms with E-state index in [0.29, 0.717) is 0 Å². The second-order valence-electron chi connectivity index (χ2n) is 3.52. The van der Waals surface area contributed by atoms with Crippen LogP contribution < -0.4 is 11.1 Å². The summed E-state index contributed by atoms with van der Waals surface area (Å²) in [6, 6.07) is 4.13. The third kappa shape index (κ3) is 2.83. The minimum absolute atomic E-state index is 0.111. The predicted molar refractivity (Wildman–Crippen MR) is 55.7 cm³/mol. The summed E-state index contributed by atoms with van der Waals surface area (Å²) in [6.07, 6.45) is 0.991. The number of hydrogen-bond acceptors (Lipinski definition) is 3. The zero-order valence-corrected chi connectivity index (χ0v) is 8.45. The summed E-state index contributed by atoms with van der Waals surface area (Å²) in [4.78, 5) is 0. The first-order valence-electron chi connectivity index (χ1n) is 4.16. The molecule has 0 unspecified atom stereocenters. The minimum atomic E-state index is 0.111. The number of hydrogen-bond donors (Lipinski definition) is 2. The number of nitrogens with one attached hydrogen (secondary N) is 1. The Morgan fingerprint density at radius 2 is 2.33 bits per heavy atom. The maximum Gasteiger partial charge on any atom is 0.0886 e. The molecule has 0 atom stereocenters. The molecule has 2 nitrogen and oxygen atoms in total. The lowest BCUT2D eigenvalue weighted by atomic mass is 10.0. The van der Waals surface area contributed by atoms with Gasteiger partial charge in [0.2, 0.25) is 0 Å². The molecule has 1 aromatic heterocycles. The van der Waals surface area contributed by atoms with Gasteiger partial charge in [-0.3, -0.25) is 0 Å². The molecule has 68 valence electrons. The fraction of sp³-hybridized carbons (Fsp3) is 0.556. The molecule has 0 aliphatic carbocycles. The van der Waals surface area contributed by atoms with Crippen molar-refractivity contribution in [3.8, 4) is 0 Å². The Morgan fingerprint density at radius 1 is 1.58 bits per heavy atom. The average molecular weight is 184 g/mol. The van der Waals surface area contributed by atoms with Gasteiger partial charge < -0.3 is 11.1 Å². The second-order valence-corrected chi connectivity index (χ2v) is 4.47. The second kappa shape index (κ2) is 3.92. The highest BCUT2D eigenvalue weighted by atomic mass is 32.1. The molecule has 0 aliphatic heterocycles. The van der Waals surface area contributed by atoms with Crippen molar-refractivity contribution in [2.45, 2.75) is 25.8 Å². The van der Waals surface area contributed by atoms with E-state index in [1.807, 2.05) is 6.07 Å². The third-order valence-electron chi connectivity index (χ3n) is 1.75. The van der Waals surface area contributed by atoms with Gasteiger partial charge in [0, 0.05) is 5.54 Å². The Kier molecular flexibility index (Phi) is 3.12. The largest absolute Gasteiger partial charge is 0.372 e. The molecule has 0 aliphatic rings. The number of anilines is 1. The van der Waals surface area contributed by atoms with Gasteiger partial charge in [-0.05, 0) is 44.3 Å². The molecular weight excluding hydrogens is 168 g/mol. The van der Waals surface area contributed by atoms with Gasteiger partial charge in [-0.15, -0.1) is 11.3 Å². The number of rotatable bonds is 4. The van der Waals surface area contributed by atoms with Crippen LogP contribution in [0.1, 0.15) is 20.3 Å². The average Bonchev–Trinajstić information content (AvgIpc) is 2.38. The summed E-state index contributed by atoms with van der Waals surface area (Å²) in [6.45, 7) is 5.06. The van der Waals surface area contributed by atoms with E-state index in [4.69, 9.17) is 5.73 Å². The first kappa shape index (κ1) is 9.55. The first-order chi connectivity index (χ1) is 5.64. The van der Waals surface area contributed by atoms with Crippen molar-refractivity contribution in [2.24, 2.45) is 5.73 Å². The predicted octanol–water partition coefficient (Wildman–Crippen LogP) is 2.29. The van der Waals surface area contributed by atoms with Gasteiger partial charge in [-0.25, -0.2) is 0 Å². The standard InChI is InChI=1S/C9H16N2S/c1-9(2,5-6-10)11-8-4-3-7-12-8/h3-4,7,11H,5-6,10H2,1-2H3. The van der Waals surface area contributed by atoms with Crippen molar-refractivity contribution >= 4 is 16.3 Å². The van der Waals surface area contributed by atoms with E-state index in [1.165, 1.54) is 5.00 Å². The molecule has 0 radical (unpaired) electrons. The molecule has 1 rings (SSSR count). The summed E-state index contributed by atoms with van der Waals surface area (Å²) in [5.74, 6) is 0. The van der Waals surface area contributed by atoms with Crippen LogP contribution in [0, 0.1) is 0 Å². The monoisotopic (exact) mass is 184 g/mol. The van der Waals surface area contributed by atoms with Crippen LogP contribution in [0.15, 0.2) is 17.5 Å². The Hall–Kier alpha value is -0.540. The van der Waals surface area contributed by atoms with E-state index in [-0.39, 0.29) is 5.54 Å². The molecule has 1 heterocycles. The molecule has 0 aromatic carbocycles. The molecule has 0 spiro atoms. The van der Waals surface area contributed by atoms with Crippen LogP contribution in [-0.2, 0) is 0 Å². The zero-order valence-electron chi connectivity index (χ0n) is 7.63. The van der Waals surface area contributed by atoms with Crippen LogP contribution in [0.5, 0.6) is 0 Å². The smallest absolute Gasteiger partial charge is 0.0886 e. The lowest BCUT2D eigenvalue weighted by Crippen LogP contribution is -2.32. The fourth-order valence-electron chi connectivity index (χ4n) is 1.11. The van der Waals surface area contributed by atoms with Crippen molar-refractivity contribution in [1.29, 1.82) is 0 Å². The van der Waals surface area contributed by atoms with Gasteiger partial charge in [-0.1, -0.05) is 0 Å². The van der Waals surface area contributed by atoms with E-state index in [1.54, 1.807) is 11.3 Å². The van der Waals surface area contributed by atoms with Crippen LogP contribution in [0.2, 0.25) is 0 Å². The summed E-state index contributed by atoms with van der Waals surface area (Å²) < 4.78 is 0. The normalized spacial score (nSPS) is 11.6. The quantitative estimate of drug-likeness (QED) is 0.753. The molecule has 0 bridgehead atoms. The molecule has 0 saturated carbocycles. The maximum absolute atomic E-state index is 5.51. The molecular formula is C9H16N2S. The highest BCUT2D eigenvalue weighted by Gasteiger charge is 2.15. The van der Waals surface area contributed by atoms with E-state index in [2.05, 4.69) is 30.6 Å². The Labute approximate surface area is 77.8 Å². The van der Waals surface area contributed by atoms with E-state index in [9.17, 15) is 0 Å². The van der Waals surface area contributed by atoms with Gasteiger partial charge in [-0.2, -0.15) is 0 Å². The molecule has 0 fully saturated rings. The summed E-state index contributed by atoms with van der Waals surface area (Å²) in [5.41, 5.74) is 5.62. The summed E-state index contributed by atoms with van der Waals surface area (Å²) in [5, 5.41) is 6.72. The van der Waals surface area contributed by atoms with Gasteiger partial charge in [0.05, 0.1) is 5.00 Å². The van der Waals surface area contributed by atoms with Crippen LogP contribution in [0.3, 0.4) is 0 Å². The lowest BCUT2D eigenvalue weighted by molar-refractivity contribution is 0.528. The molecule has 1 aromatic rings. The van der Waals surface area contributed by atoms with E-state index < -0.39 is 0 Å². The molecule has 3 N–H and O–H groups in total. The molecule has 0 amide bonds. The lowest BCUT2D eigenvalue weighted by Gasteiger charge is -2.25. The Balaban J connectivity index is 2.50. The molecule has 0 saturated heterocycles. The van der Waals surface area contributed by atoms with Crippen molar-refractivity contribution in [2.75, 3.05) is 11.9 Å². The van der Waals surface area contributed by atoms with E-state index in [0.717, 1.165) is 13.0 Å². The maximum atomic E-state index is 5.51. The van der Waals surface area contributed by atoms with E-state index >= 15 is 0 Å². The van der Waals surface area contributed by atoms with Gasteiger partial charge in [0.1, 0.15) is 0 Å². The topological polar surface area (TPSA) is 38.0 Å². The number of nitrogens with two attached hydrogens (primary N) is 1. The van der Waals surface area contributed by atoms with Crippen molar-refractivity contribution in [3.63, 3.8) is 0 Å². The highest BCUT2D eigenvalue weighted by molar-refractivity contribution is 7.14. The van der Waals surface area contributed by atoms with Crippen molar-refractivity contribution < 1.29 is 0 Å². The summed E-state index contributed by atoms with van der Waals surface area (Å²) in [7, 11) is 0. The van der Waals surface area contributed by atoms with Crippen LogP contribution in [0.25, 0.3) is 0 Å². The Morgan fingerprint density at radius 3 is 2.83 bits per heavy atom. The first-order valence-corrected chi connectivity index (χ1v) is 5.04. The van der Waals surface area contributed by atoms with Crippen LogP contribution in [0.4, 0.5) is 5.00 Å². The zero-order chi connectivity index (χ0) is 9.03. The van der Waals surface area contributed by atoms with Gasteiger partial charge in [0.15, 0.2) is 0 Å². The fourth-order valence-corrected chi connectivity index (χ4v) is 1.90. The molecule has 3 heteroatoms. The highest BCUT2D eigenvalue weighted by Crippen LogP contribution is 2.21. The Bertz CT molecular complexity index is 216.